The van der Waals surface area contributed by atoms with E-state index in [-0.39, 0.29) is 11.7 Å². The fourth-order valence-corrected chi connectivity index (χ4v) is 5.07. The van der Waals surface area contributed by atoms with Crippen LogP contribution < -0.4 is 9.62 Å². The van der Waals surface area contributed by atoms with E-state index in [0.717, 1.165) is 24.0 Å². The Bertz CT molecular complexity index is 1120. The number of hydrogen-bond acceptors (Lipinski definition) is 4. The van der Waals surface area contributed by atoms with Crippen molar-refractivity contribution in [1.29, 1.82) is 0 Å². The van der Waals surface area contributed by atoms with Crippen molar-refractivity contribution < 1.29 is 13.2 Å². The zero-order valence-corrected chi connectivity index (χ0v) is 16.4. The van der Waals surface area contributed by atoms with Gasteiger partial charge in [-0.2, -0.15) is 0 Å². The van der Waals surface area contributed by atoms with Gasteiger partial charge < -0.3 is 4.57 Å². The molecule has 2 heterocycles. The SMILES string of the molecule is CCCn1c(NC(=O)c2ccc(N3CCCS3(=O)=O)cc2)nc2ccccc21. The number of aryl methyl sites for hydroxylation is 1. The highest BCUT2D eigenvalue weighted by Gasteiger charge is 2.28. The normalized spacial score (nSPS) is 15.8. The number of fused-ring (bicyclic) bond motifs is 1. The molecular weight excluding hydrogens is 376 g/mol. The number of carbonyl (C=O) groups excluding carboxylic acids is 1. The molecule has 1 aliphatic heterocycles. The molecule has 2 aromatic carbocycles. The molecular formula is C20H22N4O3S. The molecule has 1 aromatic heterocycles. The van der Waals surface area contributed by atoms with E-state index in [0.29, 0.717) is 30.2 Å². The van der Waals surface area contributed by atoms with Crippen LogP contribution in [0.25, 0.3) is 11.0 Å². The second-order valence-electron chi connectivity index (χ2n) is 6.82. The summed E-state index contributed by atoms with van der Waals surface area (Å²) in [6.45, 7) is 3.31. The molecule has 1 N–H and O–H groups in total. The Morgan fingerprint density at radius 2 is 1.89 bits per heavy atom. The van der Waals surface area contributed by atoms with Gasteiger partial charge in [-0.3, -0.25) is 14.4 Å². The van der Waals surface area contributed by atoms with Crippen molar-refractivity contribution in [2.75, 3.05) is 21.9 Å². The molecule has 7 nitrogen and oxygen atoms in total. The molecule has 28 heavy (non-hydrogen) atoms. The van der Waals surface area contributed by atoms with Crippen molar-refractivity contribution in [1.82, 2.24) is 9.55 Å². The third kappa shape index (κ3) is 3.35. The van der Waals surface area contributed by atoms with E-state index < -0.39 is 10.0 Å². The largest absolute Gasteiger partial charge is 0.310 e. The maximum absolute atomic E-state index is 12.7. The first-order chi connectivity index (χ1) is 13.5. The molecule has 1 fully saturated rings. The number of nitrogens with zero attached hydrogens (tertiary/aromatic N) is 3. The van der Waals surface area contributed by atoms with Gasteiger partial charge in [0.1, 0.15) is 0 Å². The fourth-order valence-electron chi connectivity index (χ4n) is 3.50. The third-order valence-corrected chi connectivity index (χ3v) is 6.71. The van der Waals surface area contributed by atoms with Gasteiger partial charge in [0.2, 0.25) is 16.0 Å². The minimum atomic E-state index is -3.23. The molecule has 3 aromatic rings. The van der Waals surface area contributed by atoms with E-state index in [4.69, 9.17) is 0 Å². The zero-order chi connectivity index (χ0) is 19.7. The number of anilines is 2. The minimum absolute atomic E-state index is 0.170. The van der Waals surface area contributed by atoms with Crippen molar-refractivity contribution in [2.45, 2.75) is 26.3 Å². The summed E-state index contributed by atoms with van der Waals surface area (Å²) in [6.07, 6.45) is 1.54. The van der Waals surface area contributed by atoms with Crippen LogP contribution in [0.2, 0.25) is 0 Å². The van der Waals surface area contributed by atoms with Gasteiger partial charge in [0.05, 0.1) is 22.5 Å². The third-order valence-electron chi connectivity index (χ3n) is 4.84. The van der Waals surface area contributed by atoms with Gasteiger partial charge in [0.25, 0.3) is 5.91 Å². The van der Waals surface area contributed by atoms with Crippen molar-refractivity contribution in [2.24, 2.45) is 0 Å². The van der Waals surface area contributed by atoms with E-state index >= 15 is 0 Å². The van der Waals surface area contributed by atoms with Gasteiger partial charge in [0, 0.05) is 18.7 Å². The number of nitrogens with one attached hydrogen (secondary N) is 1. The number of imidazole rings is 1. The Kier molecular flexibility index (Phi) is 4.80. The molecule has 146 valence electrons. The summed E-state index contributed by atoms with van der Waals surface area (Å²) < 4.78 is 27.5. The van der Waals surface area contributed by atoms with Gasteiger partial charge >= 0.3 is 0 Å². The Morgan fingerprint density at radius 1 is 1.14 bits per heavy atom. The summed E-state index contributed by atoms with van der Waals surface area (Å²) >= 11 is 0. The number of sulfonamides is 1. The fraction of sp³-hybridized carbons (Fsp3) is 0.300. The maximum atomic E-state index is 12.7. The molecule has 0 saturated carbocycles. The van der Waals surface area contributed by atoms with E-state index in [9.17, 15) is 13.2 Å². The van der Waals surface area contributed by atoms with Crippen LogP contribution in [0, 0.1) is 0 Å². The molecule has 1 aliphatic rings. The van der Waals surface area contributed by atoms with E-state index in [2.05, 4.69) is 17.2 Å². The molecule has 0 spiro atoms. The lowest BCUT2D eigenvalue weighted by Gasteiger charge is -2.17. The van der Waals surface area contributed by atoms with E-state index in [1.54, 1.807) is 24.3 Å². The molecule has 1 saturated heterocycles. The number of para-hydroxylation sites is 2. The highest BCUT2D eigenvalue weighted by Crippen LogP contribution is 2.25. The first-order valence-electron chi connectivity index (χ1n) is 9.37. The first kappa shape index (κ1) is 18.5. The quantitative estimate of drug-likeness (QED) is 0.715. The first-order valence-corrected chi connectivity index (χ1v) is 11.0. The van der Waals surface area contributed by atoms with E-state index in [1.807, 2.05) is 28.8 Å². The predicted molar refractivity (Wildman–Crippen MR) is 110 cm³/mol. The number of amides is 1. The minimum Gasteiger partial charge on any atom is -0.310 e. The predicted octanol–water partition coefficient (Wildman–Crippen LogP) is 3.24. The second kappa shape index (κ2) is 7.27. The summed E-state index contributed by atoms with van der Waals surface area (Å²) in [6, 6.07) is 14.4. The summed E-state index contributed by atoms with van der Waals surface area (Å²) in [5.41, 5.74) is 2.86. The van der Waals surface area contributed by atoms with Crippen molar-refractivity contribution in [3.63, 3.8) is 0 Å². The lowest BCUT2D eigenvalue weighted by atomic mass is 10.2. The monoisotopic (exact) mass is 398 g/mol. The number of aromatic nitrogens is 2. The van der Waals surface area contributed by atoms with Crippen LogP contribution in [0.1, 0.15) is 30.1 Å². The average molecular weight is 398 g/mol. The summed E-state index contributed by atoms with van der Waals surface area (Å²) in [4.78, 5) is 17.3. The Balaban J connectivity index is 1.57. The highest BCUT2D eigenvalue weighted by atomic mass is 32.2. The van der Waals surface area contributed by atoms with E-state index in [1.165, 1.54) is 4.31 Å². The van der Waals surface area contributed by atoms with Crippen LogP contribution in [0.5, 0.6) is 0 Å². The van der Waals surface area contributed by atoms with Crippen molar-refractivity contribution in [3.8, 4) is 0 Å². The molecule has 0 aliphatic carbocycles. The van der Waals surface area contributed by atoms with Crippen LogP contribution in [0.15, 0.2) is 48.5 Å². The lowest BCUT2D eigenvalue weighted by molar-refractivity contribution is 0.102. The van der Waals surface area contributed by atoms with Crippen LogP contribution in [0.4, 0.5) is 11.6 Å². The average Bonchev–Trinajstić information content (AvgIpc) is 3.22. The summed E-state index contributed by atoms with van der Waals surface area (Å²) in [5, 5.41) is 2.89. The Labute approximate surface area is 164 Å². The number of benzene rings is 2. The highest BCUT2D eigenvalue weighted by molar-refractivity contribution is 7.93. The second-order valence-corrected chi connectivity index (χ2v) is 8.83. The van der Waals surface area contributed by atoms with Crippen LogP contribution in [0.3, 0.4) is 0 Å². The van der Waals surface area contributed by atoms with Gasteiger partial charge in [-0.15, -0.1) is 0 Å². The number of rotatable bonds is 5. The van der Waals surface area contributed by atoms with Gasteiger partial charge in [-0.25, -0.2) is 13.4 Å². The molecule has 8 heteroatoms. The molecule has 0 bridgehead atoms. The zero-order valence-electron chi connectivity index (χ0n) is 15.6. The summed E-state index contributed by atoms with van der Waals surface area (Å²) in [7, 11) is -3.23. The molecule has 0 atom stereocenters. The van der Waals surface area contributed by atoms with Crippen LogP contribution >= 0.6 is 0 Å². The smallest absolute Gasteiger partial charge is 0.257 e. The molecule has 1 amide bonds. The maximum Gasteiger partial charge on any atom is 0.257 e. The van der Waals surface area contributed by atoms with Crippen molar-refractivity contribution >= 4 is 38.6 Å². The number of carbonyl (C=O) groups is 1. The van der Waals surface area contributed by atoms with Gasteiger partial charge in [-0.1, -0.05) is 19.1 Å². The standard InChI is InChI=1S/C20H22N4O3S/c1-2-12-23-18-7-4-3-6-17(18)21-20(23)22-19(25)15-8-10-16(11-9-15)24-13-5-14-28(24,26)27/h3-4,6-11H,2,5,12-14H2,1H3,(H,21,22,25). The molecule has 0 unspecified atom stereocenters. The van der Waals surface area contributed by atoms with Gasteiger partial charge in [0.15, 0.2) is 0 Å². The van der Waals surface area contributed by atoms with Crippen LogP contribution in [-0.4, -0.2) is 36.2 Å². The lowest BCUT2D eigenvalue weighted by Crippen LogP contribution is -2.25. The van der Waals surface area contributed by atoms with Crippen molar-refractivity contribution in [3.05, 3.63) is 54.1 Å². The van der Waals surface area contributed by atoms with Gasteiger partial charge in [-0.05, 0) is 49.2 Å². The Hall–Kier alpha value is -2.87. The molecule has 0 radical (unpaired) electrons. The summed E-state index contributed by atoms with van der Waals surface area (Å²) in [5.74, 6) is 0.408. The van der Waals surface area contributed by atoms with Crippen LogP contribution in [-0.2, 0) is 16.6 Å². The molecule has 4 rings (SSSR count). The topological polar surface area (TPSA) is 84.3 Å². The Morgan fingerprint density at radius 3 is 2.57 bits per heavy atom. The number of hydrogen-bond donors (Lipinski definition) is 1.